The van der Waals surface area contributed by atoms with Crippen LogP contribution >= 0.6 is 11.3 Å². The lowest BCUT2D eigenvalue weighted by Gasteiger charge is -2.32. The van der Waals surface area contributed by atoms with Crippen LogP contribution in [0.5, 0.6) is 0 Å². The molecule has 200 valence electrons. The first-order valence-corrected chi connectivity index (χ1v) is 15.0. The average molecular weight is 552 g/mol. The first-order chi connectivity index (χ1) is 19.8. The second-order valence-corrected chi connectivity index (χ2v) is 13.2. The largest absolute Gasteiger partial charge is 0.494 e. The Hall–Kier alpha value is -3.90. The number of hydrogen-bond acceptors (Lipinski definition) is 3. The van der Waals surface area contributed by atoms with Crippen LogP contribution in [0.25, 0.3) is 58.8 Å². The normalized spacial score (nSPS) is 16.4. The summed E-state index contributed by atoms with van der Waals surface area (Å²) < 4.78 is 17.9. The zero-order chi connectivity index (χ0) is 27.9. The van der Waals surface area contributed by atoms with E-state index in [9.17, 15) is 0 Å². The van der Waals surface area contributed by atoms with Crippen molar-refractivity contribution in [3.63, 3.8) is 0 Å². The van der Waals surface area contributed by atoms with E-state index in [1.807, 2.05) is 11.3 Å². The van der Waals surface area contributed by atoms with Gasteiger partial charge in [0.05, 0.1) is 22.2 Å². The van der Waals surface area contributed by atoms with Gasteiger partial charge in [-0.2, -0.15) is 0 Å². The van der Waals surface area contributed by atoms with Gasteiger partial charge >= 0.3 is 7.12 Å². The standard InChI is InChI=1S/C36H30BNO2S/c1-35(2)36(3,4)40-37(39-35)25-16-18-32-29(22-25)28-20-23(14-17-31(28)38(32)26-10-6-5-7-11-26)24-15-19-34-30(21-24)27-12-8-9-13-33(27)41-34/h5-22H,1-4H3. The minimum Gasteiger partial charge on any atom is -0.399 e. The fourth-order valence-corrected chi connectivity index (χ4v) is 7.19. The van der Waals surface area contributed by atoms with Crippen LogP contribution in [0.15, 0.2) is 109 Å². The summed E-state index contributed by atoms with van der Waals surface area (Å²) in [5, 5.41) is 5.05. The maximum Gasteiger partial charge on any atom is 0.494 e. The van der Waals surface area contributed by atoms with Gasteiger partial charge in [-0.25, -0.2) is 0 Å². The van der Waals surface area contributed by atoms with Gasteiger partial charge in [0.2, 0.25) is 0 Å². The lowest BCUT2D eigenvalue weighted by Crippen LogP contribution is -2.41. The van der Waals surface area contributed by atoms with Gasteiger partial charge in [-0.05, 0) is 92.8 Å². The summed E-state index contributed by atoms with van der Waals surface area (Å²) in [6.45, 7) is 8.42. The lowest BCUT2D eigenvalue weighted by atomic mass is 9.78. The molecule has 3 heterocycles. The quantitative estimate of drug-likeness (QED) is 0.205. The van der Waals surface area contributed by atoms with Crippen molar-refractivity contribution in [2.75, 3.05) is 0 Å². The third-order valence-corrected chi connectivity index (χ3v) is 10.2. The number of fused-ring (bicyclic) bond motifs is 6. The number of benzene rings is 5. The summed E-state index contributed by atoms with van der Waals surface area (Å²) in [5.74, 6) is 0. The molecular formula is C36H30BNO2S. The molecule has 1 saturated heterocycles. The molecule has 0 atom stereocenters. The van der Waals surface area contributed by atoms with E-state index >= 15 is 0 Å². The minimum absolute atomic E-state index is 0.387. The average Bonchev–Trinajstić information content (AvgIpc) is 3.58. The predicted octanol–water partition coefficient (Wildman–Crippen LogP) is 9.12. The van der Waals surface area contributed by atoms with Crippen molar-refractivity contribution in [3.8, 4) is 16.8 Å². The molecule has 2 aromatic heterocycles. The molecule has 5 aromatic carbocycles. The highest BCUT2D eigenvalue weighted by atomic mass is 32.1. The Morgan fingerprint density at radius 1 is 0.561 bits per heavy atom. The molecule has 41 heavy (non-hydrogen) atoms. The highest BCUT2D eigenvalue weighted by molar-refractivity contribution is 7.25. The first-order valence-electron chi connectivity index (χ1n) is 14.2. The van der Waals surface area contributed by atoms with Gasteiger partial charge in [-0.1, -0.05) is 60.7 Å². The fraction of sp³-hybridized carbons (Fsp3) is 0.167. The van der Waals surface area contributed by atoms with E-state index in [0.717, 1.165) is 11.2 Å². The third kappa shape index (κ3) is 3.80. The molecule has 0 amide bonds. The first kappa shape index (κ1) is 24.9. The van der Waals surface area contributed by atoms with Gasteiger partial charge < -0.3 is 13.9 Å². The highest BCUT2D eigenvalue weighted by Gasteiger charge is 2.51. The Morgan fingerprint density at radius 3 is 1.90 bits per heavy atom. The van der Waals surface area contributed by atoms with Gasteiger partial charge in [0.1, 0.15) is 0 Å². The predicted molar refractivity (Wildman–Crippen MR) is 175 cm³/mol. The Bertz CT molecular complexity index is 2110. The fourth-order valence-electron chi connectivity index (χ4n) is 6.11. The molecule has 1 aliphatic heterocycles. The molecule has 8 rings (SSSR count). The topological polar surface area (TPSA) is 23.4 Å². The Morgan fingerprint density at radius 2 is 1.15 bits per heavy atom. The molecule has 0 bridgehead atoms. The maximum absolute atomic E-state index is 6.44. The van der Waals surface area contributed by atoms with Gasteiger partial charge in [-0.3, -0.25) is 0 Å². The van der Waals surface area contributed by atoms with Crippen molar-refractivity contribution in [2.45, 2.75) is 38.9 Å². The number of nitrogens with zero attached hydrogens (tertiary/aromatic N) is 1. The SMILES string of the molecule is CC1(C)OB(c2ccc3c(c2)c2cc(-c4ccc5sc6ccccc6c5c4)ccc2n3-c2ccccc2)OC1(C)C. The highest BCUT2D eigenvalue weighted by Crippen LogP contribution is 2.40. The third-order valence-electron chi connectivity index (χ3n) is 9.04. The number of rotatable bonds is 3. The molecule has 1 fully saturated rings. The molecule has 7 aromatic rings. The number of aromatic nitrogens is 1. The summed E-state index contributed by atoms with van der Waals surface area (Å²) in [5.41, 5.74) is 6.21. The zero-order valence-electron chi connectivity index (χ0n) is 23.6. The van der Waals surface area contributed by atoms with Gasteiger partial charge in [0.25, 0.3) is 0 Å². The van der Waals surface area contributed by atoms with Crippen molar-refractivity contribution >= 4 is 65.9 Å². The van der Waals surface area contributed by atoms with E-state index in [4.69, 9.17) is 9.31 Å². The van der Waals surface area contributed by atoms with Crippen LogP contribution in [0.4, 0.5) is 0 Å². The van der Waals surface area contributed by atoms with Crippen LogP contribution in [-0.4, -0.2) is 22.9 Å². The van der Waals surface area contributed by atoms with E-state index in [1.165, 1.54) is 53.1 Å². The Labute approximate surface area is 244 Å². The van der Waals surface area contributed by atoms with Crippen molar-refractivity contribution in [1.29, 1.82) is 0 Å². The van der Waals surface area contributed by atoms with Crippen LogP contribution in [0.1, 0.15) is 27.7 Å². The number of hydrogen-bond donors (Lipinski definition) is 0. The van der Waals surface area contributed by atoms with Crippen LogP contribution in [-0.2, 0) is 9.31 Å². The molecule has 1 aliphatic rings. The Kier molecular flexibility index (Phi) is 5.34. The summed E-state index contributed by atoms with van der Waals surface area (Å²) in [7, 11) is -0.406. The molecule has 0 saturated carbocycles. The van der Waals surface area contributed by atoms with Gasteiger partial charge in [0.15, 0.2) is 0 Å². The van der Waals surface area contributed by atoms with E-state index in [0.29, 0.717) is 0 Å². The second kappa shape index (κ2) is 8.80. The van der Waals surface area contributed by atoms with Crippen LogP contribution in [0.2, 0.25) is 0 Å². The van der Waals surface area contributed by atoms with Crippen molar-refractivity contribution < 1.29 is 9.31 Å². The zero-order valence-corrected chi connectivity index (χ0v) is 24.5. The van der Waals surface area contributed by atoms with Crippen molar-refractivity contribution in [2.24, 2.45) is 0 Å². The lowest BCUT2D eigenvalue weighted by molar-refractivity contribution is 0.00578. The van der Waals surface area contributed by atoms with Crippen LogP contribution in [0.3, 0.4) is 0 Å². The molecule has 0 radical (unpaired) electrons. The monoisotopic (exact) mass is 551 g/mol. The van der Waals surface area contributed by atoms with Crippen molar-refractivity contribution in [1.82, 2.24) is 4.57 Å². The number of thiophene rings is 1. The summed E-state index contributed by atoms with van der Waals surface area (Å²) in [6, 6.07) is 39.7. The molecule has 3 nitrogen and oxygen atoms in total. The van der Waals surface area contributed by atoms with E-state index in [2.05, 4.69) is 141 Å². The second-order valence-electron chi connectivity index (χ2n) is 12.1. The Balaban J connectivity index is 1.34. The molecule has 0 N–H and O–H groups in total. The van der Waals surface area contributed by atoms with E-state index < -0.39 is 7.12 Å². The molecule has 0 unspecified atom stereocenters. The minimum atomic E-state index is -0.406. The summed E-state index contributed by atoms with van der Waals surface area (Å²) >= 11 is 1.86. The maximum atomic E-state index is 6.44. The molecule has 0 aliphatic carbocycles. The summed E-state index contributed by atoms with van der Waals surface area (Å²) in [6.07, 6.45) is 0. The summed E-state index contributed by atoms with van der Waals surface area (Å²) in [4.78, 5) is 0. The van der Waals surface area contributed by atoms with Crippen LogP contribution < -0.4 is 5.46 Å². The van der Waals surface area contributed by atoms with Crippen LogP contribution in [0, 0.1) is 0 Å². The van der Waals surface area contributed by atoms with E-state index in [-0.39, 0.29) is 11.2 Å². The molecule has 5 heteroatoms. The number of para-hydroxylation sites is 1. The van der Waals surface area contributed by atoms with Gasteiger partial charge in [0, 0.05) is 36.6 Å². The van der Waals surface area contributed by atoms with Crippen molar-refractivity contribution in [3.05, 3.63) is 109 Å². The smallest absolute Gasteiger partial charge is 0.399 e. The van der Waals surface area contributed by atoms with Gasteiger partial charge in [-0.15, -0.1) is 11.3 Å². The molecular weight excluding hydrogens is 521 g/mol. The molecule has 0 spiro atoms. The van der Waals surface area contributed by atoms with E-state index in [1.54, 1.807) is 0 Å².